The van der Waals surface area contributed by atoms with E-state index in [4.69, 9.17) is 5.26 Å². The van der Waals surface area contributed by atoms with E-state index in [0.29, 0.717) is 28.7 Å². The molecule has 1 fully saturated rings. The van der Waals surface area contributed by atoms with Crippen LogP contribution in [0.2, 0.25) is 0 Å². The zero-order chi connectivity index (χ0) is 19.3. The Morgan fingerprint density at radius 1 is 1.33 bits per heavy atom. The highest BCUT2D eigenvalue weighted by molar-refractivity contribution is 5.68. The quantitative estimate of drug-likeness (QED) is 0.723. The predicted octanol–water partition coefficient (Wildman–Crippen LogP) is 2.16. The van der Waals surface area contributed by atoms with Gasteiger partial charge >= 0.3 is 0 Å². The van der Waals surface area contributed by atoms with E-state index >= 15 is 0 Å². The van der Waals surface area contributed by atoms with E-state index < -0.39 is 5.60 Å². The number of rotatable bonds is 4. The Bertz CT molecular complexity index is 891. The molecular formula is C21H23N5O. The predicted molar refractivity (Wildman–Crippen MR) is 105 cm³/mol. The minimum Gasteiger partial charge on any atom is -0.378 e. The van der Waals surface area contributed by atoms with Gasteiger partial charge in [-0.1, -0.05) is 24.0 Å². The molecule has 0 unspecified atom stereocenters. The second-order valence-corrected chi connectivity index (χ2v) is 7.19. The summed E-state index contributed by atoms with van der Waals surface area (Å²) in [5.41, 5.74) is 1.65. The molecule has 1 atom stereocenters. The lowest BCUT2D eigenvalue weighted by Crippen LogP contribution is -2.18. The molecule has 3 rings (SSSR count). The van der Waals surface area contributed by atoms with Gasteiger partial charge in [-0.05, 0) is 51.4 Å². The third-order valence-corrected chi connectivity index (χ3v) is 4.29. The number of nitrogens with zero attached hydrogens (tertiary/aromatic N) is 3. The summed E-state index contributed by atoms with van der Waals surface area (Å²) in [6, 6.07) is 9.32. The van der Waals surface area contributed by atoms with Crippen LogP contribution in [-0.4, -0.2) is 40.3 Å². The summed E-state index contributed by atoms with van der Waals surface area (Å²) in [6.45, 7) is 6.13. The van der Waals surface area contributed by atoms with Gasteiger partial charge in [-0.3, -0.25) is 0 Å². The molecule has 1 aliphatic heterocycles. The molecule has 2 heterocycles. The van der Waals surface area contributed by atoms with Crippen molar-refractivity contribution in [1.82, 2.24) is 15.3 Å². The van der Waals surface area contributed by atoms with E-state index in [2.05, 4.69) is 38.5 Å². The fraction of sp³-hybridized carbons (Fsp3) is 0.381. The number of hydrogen-bond acceptors (Lipinski definition) is 6. The Morgan fingerprint density at radius 3 is 2.74 bits per heavy atom. The topological polar surface area (TPSA) is 93.9 Å². The molecule has 27 heavy (non-hydrogen) atoms. The van der Waals surface area contributed by atoms with Crippen LogP contribution in [-0.2, 0) is 0 Å². The third kappa shape index (κ3) is 5.27. The highest BCUT2D eigenvalue weighted by Gasteiger charge is 2.15. The van der Waals surface area contributed by atoms with Crippen molar-refractivity contribution in [2.45, 2.75) is 25.9 Å². The Hall–Kier alpha value is -2.93. The number of nitriles is 1. The largest absolute Gasteiger partial charge is 0.378 e. The minimum absolute atomic E-state index is 0.551. The normalized spacial score (nSPS) is 16.3. The summed E-state index contributed by atoms with van der Waals surface area (Å²) in [4.78, 5) is 9.03. The fourth-order valence-corrected chi connectivity index (χ4v) is 2.83. The zero-order valence-electron chi connectivity index (χ0n) is 15.6. The van der Waals surface area contributed by atoms with E-state index in [9.17, 15) is 5.11 Å². The number of aliphatic hydroxyl groups is 1. The standard InChI is InChI=1S/C21H23N5O/c1-21(2,27)9-7-18-14-25-20(24-13-16-8-10-23-12-16)26-19(18)17-5-3-15(11-22)4-6-17/h3-6,14,16,23,27H,8,10,12-13H2,1-2H3,(H,24,25,26)/t16-/m0/s1. The smallest absolute Gasteiger partial charge is 0.223 e. The van der Waals surface area contributed by atoms with Crippen LogP contribution < -0.4 is 10.6 Å². The summed E-state index contributed by atoms with van der Waals surface area (Å²) in [6.07, 6.45) is 2.82. The number of benzene rings is 1. The first-order valence-corrected chi connectivity index (χ1v) is 9.02. The van der Waals surface area contributed by atoms with Gasteiger partial charge in [0.1, 0.15) is 5.60 Å². The molecule has 0 aliphatic carbocycles. The van der Waals surface area contributed by atoms with E-state index in [1.165, 1.54) is 0 Å². The van der Waals surface area contributed by atoms with Gasteiger partial charge in [-0.25, -0.2) is 9.97 Å². The van der Waals surface area contributed by atoms with Crippen LogP contribution in [0.5, 0.6) is 0 Å². The van der Waals surface area contributed by atoms with Crippen LogP contribution in [0.1, 0.15) is 31.4 Å². The first-order chi connectivity index (χ1) is 12.9. The highest BCUT2D eigenvalue weighted by Crippen LogP contribution is 2.23. The SMILES string of the molecule is CC(C)(O)C#Cc1cnc(NC[C@H]2CCNC2)nc1-c1ccc(C#N)cc1. The first kappa shape index (κ1) is 18.8. The molecule has 1 saturated heterocycles. The minimum atomic E-state index is -1.10. The number of anilines is 1. The average Bonchev–Trinajstić information content (AvgIpc) is 3.18. The summed E-state index contributed by atoms with van der Waals surface area (Å²) in [5, 5.41) is 25.6. The van der Waals surface area contributed by atoms with Gasteiger partial charge in [0.15, 0.2) is 0 Å². The van der Waals surface area contributed by atoms with Crippen molar-refractivity contribution in [3.8, 4) is 29.2 Å². The van der Waals surface area contributed by atoms with Gasteiger partial charge < -0.3 is 15.7 Å². The zero-order valence-corrected chi connectivity index (χ0v) is 15.6. The van der Waals surface area contributed by atoms with Crippen molar-refractivity contribution in [2.75, 3.05) is 25.0 Å². The molecule has 0 radical (unpaired) electrons. The van der Waals surface area contributed by atoms with Crippen molar-refractivity contribution >= 4 is 5.95 Å². The molecule has 0 amide bonds. The molecule has 1 aromatic carbocycles. The lowest BCUT2D eigenvalue weighted by molar-refractivity contribution is 0.143. The molecule has 0 bridgehead atoms. The van der Waals surface area contributed by atoms with E-state index in [1.54, 1.807) is 32.2 Å². The van der Waals surface area contributed by atoms with Crippen molar-refractivity contribution in [3.05, 3.63) is 41.6 Å². The van der Waals surface area contributed by atoms with Gasteiger partial charge in [0.25, 0.3) is 0 Å². The molecule has 1 aliphatic rings. The van der Waals surface area contributed by atoms with Crippen LogP contribution in [0.15, 0.2) is 30.5 Å². The maximum atomic E-state index is 9.90. The molecule has 6 heteroatoms. The Labute approximate surface area is 159 Å². The molecule has 3 N–H and O–H groups in total. The van der Waals surface area contributed by atoms with Gasteiger partial charge in [0, 0.05) is 18.3 Å². The van der Waals surface area contributed by atoms with Crippen molar-refractivity contribution in [2.24, 2.45) is 5.92 Å². The monoisotopic (exact) mass is 361 g/mol. The second-order valence-electron chi connectivity index (χ2n) is 7.19. The van der Waals surface area contributed by atoms with Crippen LogP contribution in [0.3, 0.4) is 0 Å². The molecule has 2 aromatic rings. The van der Waals surface area contributed by atoms with Crippen molar-refractivity contribution in [1.29, 1.82) is 5.26 Å². The average molecular weight is 361 g/mol. The lowest BCUT2D eigenvalue weighted by atomic mass is 10.0. The number of aromatic nitrogens is 2. The Kier molecular flexibility index (Phi) is 5.71. The highest BCUT2D eigenvalue weighted by atomic mass is 16.3. The van der Waals surface area contributed by atoms with E-state index in [1.807, 2.05) is 12.1 Å². The third-order valence-electron chi connectivity index (χ3n) is 4.29. The van der Waals surface area contributed by atoms with Gasteiger partial charge in [-0.15, -0.1) is 0 Å². The molecule has 1 aromatic heterocycles. The van der Waals surface area contributed by atoms with Crippen LogP contribution in [0, 0.1) is 29.1 Å². The summed E-state index contributed by atoms with van der Waals surface area (Å²) < 4.78 is 0. The molecule has 0 saturated carbocycles. The van der Waals surface area contributed by atoms with E-state index in [0.717, 1.165) is 31.6 Å². The first-order valence-electron chi connectivity index (χ1n) is 9.02. The van der Waals surface area contributed by atoms with Gasteiger partial charge in [0.2, 0.25) is 5.95 Å². The second kappa shape index (κ2) is 8.18. The Balaban J connectivity index is 1.92. The van der Waals surface area contributed by atoms with Crippen molar-refractivity contribution in [3.63, 3.8) is 0 Å². The van der Waals surface area contributed by atoms with Crippen LogP contribution in [0.4, 0.5) is 5.95 Å². The molecule has 6 nitrogen and oxygen atoms in total. The summed E-state index contributed by atoms with van der Waals surface area (Å²) >= 11 is 0. The van der Waals surface area contributed by atoms with Crippen LogP contribution in [0.25, 0.3) is 11.3 Å². The molecule has 138 valence electrons. The van der Waals surface area contributed by atoms with E-state index in [-0.39, 0.29) is 0 Å². The lowest BCUT2D eigenvalue weighted by Gasteiger charge is -2.12. The number of hydrogen-bond donors (Lipinski definition) is 3. The Morgan fingerprint density at radius 2 is 2.11 bits per heavy atom. The maximum absolute atomic E-state index is 9.90. The molecular weight excluding hydrogens is 338 g/mol. The molecule has 0 spiro atoms. The van der Waals surface area contributed by atoms with Gasteiger partial charge in [0.05, 0.1) is 22.9 Å². The van der Waals surface area contributed by atoms with Gasteiger partial charge in [-0.2, -0.15) is 5.26 Å². The van der Waals surface area contributed by atoms with Crippen molar-refractivity contribution < 1.29 is 5.11 Å². The van der Waals surface area contributed by atoms with Crippen LogP contribution >= 0.6 is 0 Å². The summed E-state index contributed by atoms with van der Waals surface area (Å²) in [7, 11) is 0. The maximum Gasteiger partial charge on any atom is 0.223 e. The fourth-order valence-electron chi connectivity index (χ4n) is 2.83. The summed E-state index contributed by atoms with van der Waals surface area (Å²) in [5.74, 6) is 6.91. The number of nitrogens with one attached hydrogen (secondary N) is 2.